The number of halogens is 2. The molecule has 1 N–H and O–H groups in total. The zero-order chi connectivity index (χ0) is 23.4. The average Bonchev–Trinajstić information content (AvgIpc) is 3.24. The number of carbonyl (C=O) groups excluding carboxylic acids is 2. The van der Waals surface area contributed by atoms with Crippen LogP contribution in [0.15, 0.2) is 23.4 Å². The molecule has 170 valence electrons. The van der Waals surface area contributed by atoms with Gasteiger partial charge in [0, 0.05) is 16.9 Å². The number of methoxy groups -OCH3 is 1. The summed E-state index contributed by atoms with van der Waals surface area (Å²) in [6, 6.07) is 4.95. The molecule has 2 aromatic heterocycles. The highest BCUT2D eigenvalue weighted by atomic mass is 35.5. The molecule has 0 aliphatic heterocycles. The molecule has 0 unspecified atom stereocenters. The highest BCUT2D eigenvalue weighted by molar-refractivity contribution is 7.99. The summed E-state index contributed by atoms with van der Waals surface area (Å²) < 4.78 is 12.3. The Labute approximate surface area is 203 Å². The fraction of sp³-hybridized carbons (Fsp3) is 0.300. The SMILES string of the molecule is COC(=O)c1c(NC(=O)CSc2nnc(COc3ccc(Cl)cc3Cl)n2C)sc(C)c1C. The van der Waals surface area contributed by atoms with Gasteiger partial charge < -0.3 is 19.4 Å². The van der Waals surface area contributed by atoms with Crippen molar-refractivity contribution in [2.24, 2.45) is 7.05 Å². The predicted octanol–water partition coefficient (Wildman–Crippen LogP) is 4.90. The standard InChI is InChI=1S/C20H20Cl2N4O4S2/c1-10-11(2)32-18(17(10)19(28)29-4)23-16(27)9-31-20-25-24-15(26(20)3)8-30-14-6-5-12(21)7-13(14)22/h5-7H,8-9H2,1-4H3,(H,23,27). The van der Waals surface area contributed by atoms with E-state index in [0.717, 1.165) is 10.4 Å². The monoisotopic (exact) mass is 514 g/mol. The number of hydrogen-bond donors (Lipinski definition) is 1. The van der Waals surface area contributed by atoms with E-state index in [1.807, 2.05) is 13.8 Å². The van der Waals surface area contributed by atoms with Crippen molar-refractivity contribution in [1.29, 1.82) is 0 Å². The van der Waals surface area contributed by atoms with Crippen LogP contribution in [0.4, 0.5) is 5.00 Å². The van der Waals surface area contributed by atoms with E-state index >= 15 is 0 Å². The molecule has 8 nitrogen and oxygen atoms in total. The third-order valence-electron chi connectivity index (χ3n) is 4.54. The average molecular weight is 515 g/mol. The molecule has 0 aliphatic carbocycles. The molecule has 32 heavy (non-hydrogen) atoms. The van der Waals surface area contributed by atoms with Gasteiger partial charge in [0.15, 0.2) is 11.0 Å². The van der Waals surface area contributed by atoms with E-state index in [1.165, 1.54) is 30.2 Å². The highest BCUT2D eigenvalue weighted by Gasteiger charge is 2.22. The Morgan fingerprint density at radius 2 is 2.00 bits per heavy atom. The third-order valence-corrected chi connectivity index (χ3v) is 7.21. The lowest BCUT2D eigenvalue weighted by Crippen LogP contribution is -2.16. The Balaban J connectivity index is 1.60. The van der Waals surface area contributed by atoms with E-state index in [1.54, 1.807) is 29.8 Å². The number of anilines is 1. The fourth-order valence-corrected chi connectivity index (χ4v) is 4.94. The van der Waals surface area contributed by atoms with E-state index in [-0.39, 0.29) is 18.3 Å². The lowest BCUT2D eigenvalue weighted by atomic mass is 10.1. The number of thioether (sulfide) groups is 1. The number of nitrogens with one attached hydrogen (secondary N) is 1. The number of nitrogens with zero attached hydrogens (tertiary/aromatic N) is 3. The summed E-state index contributed by atoms with van der Waals surface area (Å²) in [5.41, 5.74) is 1.18. The van der Waals surface area contributed by atoms with Crippen LogP contribution < -0.4 is 10.1 Å². The van der Waals surface area contributed by atoms with Crippen LogP contribution in [0.25, 0.3) is 0 Å². The maximum absolute atomic E-state index is 12.5. The first-order valence-electron chi connectivity index (χ1n) is 9.28. The van der Waals surface area contributed by atoms with Crippen molar-refractivity contribution in [3.63, 3.8) is 0 Å². The number of thiophene rings is 1. The third kappa shape index (κ3) is 5.55. The first kappa shape index (κ1) is 24.4. The molecule has 0 radical (unpaired) electrons. The summed E-state index contributed by atoms with van der Waals surface area (Å²) in [7, 11) is 3.09. The van der Waals surface area contributed by atoms with E-state index in [2.05, 4.69) is 15.5 Å². The van der Waals surface area contributed by atoms with E-state index in [4.69, 9.17) is 32.7 Å². The summed E-state index contributed by atoms with van der Waals surface area (Å²) in [4.78, 5) is 25.5. The summed E-state index contributed by atoms with van der Waals surface area (Å²) in [6.07, 6.45) is 0. The van der Waals surface area contributed by atoms with E-state index in [9.17, 15) is 9.59 Å². The molecule has 3 aromatic rings. The molecule has 0 fully saturated rings. The normalized spacial score (nSPS) is 10.8. The van der Waals surface area contributed by atoms with Gasteiger partial charge in [-0.1, -0.05) is 35.0 Å². The predicted molar refractivity (Wildman–Crippen MR) is 126 cm³/mol. The summed E-state index contributed by atoms with van der Waals surface area (Å²) >= 11 is 14.6. The molecule has 0 atom stereocenters. The second kappa shape index (κ2) is 10.6. The number of aromatic nitrogens is 3. The van der Waals surface area contributed by atoms with Gasteiger partial charge >= 0.3 is 5.97 Å². The number of aryl methyl sites for hydroxylation is 1. The quantitative estimate of drug-likeness (QED) is 0.337. The van der Waals surface area contributed by atoms with Crippen molar-refractivity contribution in [3.05, 3.63) is 50.1 Å². The van der Waals surface area contributed by atoms with Crippen LogP contribution in [-0.2, 0) is 23.2 Å². The van der Waals surface area contributed by atoms with E-state index < -0.39 is 5.97 Å². The van der Waals surface area contributed by atoms with Crippen LogP contribution in [0.2, 0.25) is 10.0 Å². The first-order chi connectivity index (χ1) is 15.2. The van der Waals surface area contributed by atoms with Crippen LogP contribution >= 0.6 is 46.3 Å². The lowest BCUT2D eigenvalue weighted by Gasteiger charge is -2.08. The van der Waals surface area contributed by atoms with Crippen LogP contribution in [0.1, 0.15) is 26.6 Å². The smallest absolute Gasteiger partial charge is 0.341 e. The molecule has 0 aliphatic rings. The molecule has 1 aromatic carbocycles. The number of amides is 1. The molecule has 1 amide bonds. The summed E-state index contributed by atoms with van der Waals surface area (Å²) in [6.45, 7) is 3.86. The van der Waals surface area contributed by atoms with Gasteiger partial charge in [0.1, 0.15) is 17.4 Å². The Morgan fingerprint density at radius 1 is 1.25 bits per heavy atom. The molecule has 2 heterocycles. The van der Waals surface area contributed by atoms with Crippen molar-refractivity contribution in [3.8, 4) is 5.75 Å². The Bertz CT molecular complexity index is 1160. The molecular weight excluding hydrogens is 495 g/mol. The summed E-state index contributed by atoms with van der Waals surface area (Å²) in [5.74, 6) is 0.391. The molecular formula is C20H20Cl2N4O4S2. The second-order valence-corrected chi connectivity index (χ2v) is 9.65. The Morgan fingerprint density at radius 3 is 2.69 bits per heavy atom. The zero-order valence-electron chi connectivity index (χ0n) is 17.7. The van der Waals surface area contributed by atoms with Crippen molar-refractivity contribution in [2.75, 3.05) is 18.2 Å². The van der Waals surface area contributed by atoms with Gasteiger partial charge in [-0.25, -0.2) is 4.79 Å². The Kier molecular flexibility index (Phi) is 8.05. The van der Waals surface area contributed by atoms with Gasteiger partial charge in [-0.2, -0.15) is 0 Å². The number of rotatable bonds is 8. The van der Waals surface area contributed by atoms with Crippen molar-refractivity contribution < 1.29 is 19.1 Å². The van der Waals surface area contributed by atoms with E-state index in [0.29, 0.717) is 37.3 Å². The van der Waals surface area contributed by atoms with Gasteiger partial charge in [-0.3, -0.25) is 4.79 Å². The van der Waals surface area contributed by atoms with Gasteiger partial charge in [0.25, 0.3) is 0 Å². The van der Waals surface area contributed by atoms with Gasteiger partial charge in [0.05, 0.1) is 23.4 Å². The van der Waals surface area contributed by atoms with Crippen molar-refractivity contribution in [2.45, 2.75) is 25.6 Å². The number of ether oxygens (including phenoxy) is 2. The van der Waals surface area contributed by atoms with Crippen molar-refractivity contribution in [1.82, 2.24) is 14.8 Å². The van der Waals surface area contributed by atoms with Crippen LogP contribution in [0.3, 0.4) is 0 Å². The molecule has 0 saturated heterocycles. The number of benzene rings is 1. The number of hydrogen-bond acceptors (Lipinski definition) is 8. The van der Waals surface area contributed by atoms with Gasteiger partial charge in [0.2, 0.25) is 5.91 Å². The van der Waals surface area contributed by atoms with Crippen molar-refractivity contribution >= 4 is 63.2 Å². The maximum Gasteiger partial charge on any atom is 0.341 e. The number of esters is 1. The minimum absolute atomic E-state index is 0.0897. The minimum Gasteiger partial charge on any atom is -0.484 e. The minimum atomic E-state index is -0.478. The van der Waals surface area contributed by atoms with Crippen LogP contribution in [0.5, 0.6) is 5.75 Å². The van der Waals surface area contributed by atoms with Crippen LogP contribution in [-0.4, -0.2) is 39.5 Å². The molecule has 0 saturated carbocycles. The Hall–Kier alpha value is -2.27. The fourth-order valence-electron chi connectivity index (χ4n) is 2.69. The molecule has 12 heteroatoms. The van der Waals surface area contributed by atoms with Crippen LogP contribution in [0, 0.1) is 13.8 Å². The molecule has 3 rings (SSSR count). The highest BCUT2D eigenvalue weighted by Crippen LogP contribution is 2.33. The largest absolute Gasteiger partial charge is 0.484 e. The number of carbonyl (C=O) groups is 2. The first-order valence-corrected chi connectivity index (χ1v) is 11.8. The topological polar surface area (TPSA) is 95.3 Å². The molecule has 0 bridgehead atoms. The molecule has 0 spiro atoms. The van der Waals surface area contributed by atoms with Gasteiger partial charge in [-0.05, 0) is 37.6 Å². The summed E-state index contributed by atoms with van der Waals surface area (Å²) in [5, 5.41) is 13.0. The van der Waals surface area contributed by atoms with Gasteiger partial charge in [-0.15, -0.1) is 21.5 Å². The zero-order valence-corrected chi connectivity index (χ0v) is 20.8. The second-order valence-electron chi connectivity index (χ2n) is 6.64. The maximum atomic E-state index is 12.5. The lowest BCUT2D eigenvalue weighted by molar-refractivity contribution is -0.113.